The van der Waals surface area contributed by atoms with Crippen LogP contribution >= 0.6 is 0 Å². The summed E-state index contributed by atoms with van der Waals surface area (Å²) in [5.41, 5.74) is -0.415. The summed E-state index contributed by atoms with van der Waals surface area (Å²) in [5.74, 6) is -0.743. The van der Waals surface area contributed by atoms with Crippen LogP contribution in [0.1, 0.15) is 5.56 Å². The minimum atomic E-state index is -4.83. The van der Waals surface area contributed by atoms with Crippen LogP contribution in [0.3, 0.4) is 0 Å². The van der Waals surface area contributed by atoms with Gasteiger partial charge in [0.25, 0.3) is 5.56 Å². The Morgan fingerprint density at radius 3 is 2.62 bits per heavy atom. The molecule has 0 bridgehead atoms. The largest absolute Gasteiger partial charge is 0.573 e. The van der Waals surface area contributed by atoms with E-state index in [0.717, 1.165) is 6.07 Å². The summed E-state index contributed by atoms with van der Waals surface area (Å²) in [6.45, 7) is 1.54. The Hall–Kier alpha value is -1.46. The van der Waals surface area contributed by atoms with Gasteiger partial charge in [0.1, 0.15) is 0 Å². The molecule has 3 nitrogen and oxygen atoms in total. The van der Waals surface area contributed by atoms with E-state index < -0.39 is 17.7 Å². The van der Waals surface area contributed by atoms with Gasteiger partial charge in [0, 0.05) is 6.20 Å². The molecular formula is C7H6F3NO2. The maximum absolute atomic E-state index is 11.7. The Bertz CT molecular complexity index is 355. The van der Waals surface area contributed by atoms with Gasteiger partial charge in [0.15, 0.2) is 5.75 Å². The first kappa shape index (κ1) is 9.63. The highest BCUT2D eigenvalue weighted by molar-refractivity contribution is 5.22. The maximum atomic E-state index is 11.7. The first-order chi connectivity index (χ1) is 5.88. The number of halogens is 3. The fraction of sp³-hybridized carbons (Fsp3) is 0.286. The number of aryl methyl sites for hydroxylation is 1. The first-order valence-electron chi connectivity index (χ1n) is 3.33. The average molecular weight is 193 g/mol. The summed E-state index contributed by atoms with van der Waals surface area (Å²) in [6.07, 6.45) is -3.54. The van der Waals surface area contributed by atoms with Gasteiger partial charge in [-0.25, -0.2) is 0 Å². The van der Waals surface area contributed by atoms with Gasteiger partial charge in [-0.15, -0.1) is 13.2 Å². The summed E-state index contributed by atoms with van der Waals surface area (Å²) in [6, 6.07) is 1.02. The Labute approximate surface area is 71.2 Å². The molecule has 1 aromatic rings. The number of rotatable bonds is 1. The molecule has 0 spiro atoms. The van der Waals surface area contributed by atoms with Gasteiger partial charge in [-0.2, -0.15) is 0 Å². The van der Waals surface area contributed by atoms with Crippen LogP contribution in [-0.4, -0.2) is 11.3 Å². The SMILES string of the molecule is Cc1c[nH]c(=O)c(OC(F)(F)F)c1. The summed E-state index contributed by atoms with van der Waals surface area (Å²) < 4.78 is 38.5. The summed E-state index contributed by atoms with van der Waals surface area (Å²) >= 11 is 0. The van der Waals surface area contributed by atoms with Crippen molar-refractivity contribution in [2.45, 2.75) is 13.3 Å². The van der Waals surface area contributed by atoms with E-state index in [4.69, 9.17) is 0 Å². The molecule has 0 saturated heterocycles. The molecule has 0 atom stereocenters. The number of hydrogen-bond donors (Lipinski definition) is 1. The molecule has 0 fully saturated rings. The topological polar surface area (TPSA) is 42.1 Å². The highest BCUT2D eigenvalue weighted by Crippen LogP contribution is 2.19. The molecule has 1 aromatic heterocycles. The van der Waals surface area contributed by atoms with Gasteiger partial charge in [0.2, 0.25) is 0 Å². The molecule has 0 unspecified atom stereocenters. The van der Waals surface area contributed by atoms with E-state index in [-0.39, 0.29) is 0 Å². The van der Waals surface area contributed by atoms with E-state index in [1.807, 2.05) is 0 Å². The molecule has 0 aliphatic heterocycles. The molecule has 0 saturated carbocycles. The average Bonchev–Trinajstić information content (AvgIpc) is 1.94. The van der Waals surface area contributed by atoms with Crippen LogP contribution in [0.4, 0.5) is 13.2 Å². The van der Waals surface area contributed by atoms with Crippen molar-refractivity contribution >= 4 is 0 Å². The van der Waals surface area contributed by atoms with Crippen molar-refractivity contribution in [3.8, 4) is 5.75 Å². The normalized spacial score (nSPS) is 11.4. The predicted molar refractivity (Wildman–Crippen MR) is 38.5 cm³/mol. The second-order valence-corrected chi connectivity index (χ2v) is 2.42. The zero-order chi connectivity index (χ0) is 10.1. The van der Waals surface area contributed by atoms with Crippen molar-refractivity contribution in [3.05, 3.63) is 28.2 Å². The zero-order valence-electron chi connectivity index (χ0n) is 6.61. The molecule has 1 heterocycles. The van der Waals surface area contributed by atoms with Gasteiger partial charge in [-0.1, -0.05) is 0 Å². The van der Waals surface area contributed by atoms with E-state index in [0.29, 0.717) is 5.56 Å². The van der Waals surface area contributed by atoms with E-state index in [2.05, 4.69) is 9.72 Å². The number of alkyl halides is 3. The summed E-state index contributed by atoms with van der Waals surface area (Å²) in [4.78, 5) is 12.9. The van der Waals surface area contributed by atoms with E-state index in [9.17, 15) is 18.0 Å². The van der Waals surface area contributed by atoms with Crippen LogP contribution in [0.15, 0.2) is 17.1 Å². The molecule has 72 valence electrons. The van der Waals surface area contributed by atoms with Crippen LogP contribution in [0, 0.1) is 6.92 Å². The van der Waals surface area contributed by atoms with Crippen molar-refractivity contribution in [1.82, 2.24) is 4.98 Å². The lowest BCUT2D eigenvalue weighted by atomic mass is 10.3. The van der Waals surface area contributed by atoms with E-state index >= 15 is 0 Å². The van der Waals surface area contributed by atoms with Crippen LogP contribution in [0.5, 0.6) is 5.75 Å². The number of nitrogens with one attached hydrogen (secondary N) is 1. The van der Waals surface area contributed by atoms with E-state index in [1.54, 1.807) is 6.92 Å². The van der Waals surface area contributed by atoms with E-state index in [1.165, 1.54) is 6.20 Å². The maximum Gasteiger partial charge on any atom is 0.573 e. The molecule has 0 aromatic carbocycles. The standard InChI is InChI=1S/C7H6F3NO2/c1-4-2-5(6(12)11-3-4)13-7(8,9)10/h2-3H,1H3,(H,11,12). The van der Waals surface area contributed by atoms with Crippen molar-refractivity contribution < 1.29 is 17.9 Å². The third-order valence-electron chi connectivity index (χ3n) is 1.24. The quantitative estimate of drug-likeness (QED) is 0.735. The fourth-order valence-corrected chi connectivity index (χ4v) is 0.765. The molecule has 0 amide bonds. The van der Waals surface area contributed by atoms with Gasteiger partial charge in [-0.3, -0.25) is 4.79 Å². The lowest BCUT2D eigenvalue weighted by Crippen LogP contribution is -2.22. The molecule has 0 aliphatic carbocycles. The van der Waals surface area contributed by atoms with Crippen molar-refractivity contribution in [3.63, 3.8) is 0 Å². The minimum absolute atomic E-state index is 0.485. The number of aromatic amines is 1. The predicted octanol–water partition coefficient (Wildman–Crippen LogP) is 1.58. The molecular weight excluding hydrogens is 187 g/mol. The Balaban J connectivity index is 3.01. The number of ether oxygens (including phenoxy) is 1. The number of hydrogen-bond acceptors (Lipinski definition) is 2. The molecule has 1 rings (SSSR count). The van der Waals surface area contributed by atoms with Gasteiger partial charge in [0.05, 0.1) is 0 Å². The van der Waals surface area contributed by atoms with Crippen LogP contribution in [0.2, 0.25) is 0 Å². The molecule has 1 N–H and O–H groups in total. The van der Waals surface area contributed by atoms with Gasteiger partial charge >= 0.3 is 6.36 Å². The lowest BCUT2D eigenvalue weighted by Gasteiger charge is -2.07. The molecule has 0 radical (unpaired) electrons. The Kier molecular flexibility index (Phi) is 2.31. The van der Waals surface area contributed by atoms with Crippen molar-refractivity contribution in [1.29, 1.82) is 0 Å². The first-order valence-corrected chi connectivity index (χ1v) is 3.33. The highest BCUT2D eigenvalue weighted by atomic mass is 19.4. The number of pyridine rings is 1. The number of H-pyrrole nitrogens is 1. The monoisotopic (exact) mass is 193 g/mol. The molecule has 6 heteroatoms. The fourth-order valence-electron chi connectivity index (χ4n) is 0.765. The van der Waals surface area contributed by atoms with Crippen LogP contribution in [-0.2, 0) is 0 Å². The highest BCUT2D eigenvalue weighted by Gasteiger charge is 2.32. The molecule has 13 heavy (non-hydrogen) atoms. The van der Waals surface area contributed by atoms with Crippen LogP contribution in [0.25, 0.3) is 0 Å². The molecule has 0 aliphatic rings. The van der Waals surface area contributed by atoms with Crippen LogP contribution < -0.4 is 10.3 Å². The Morgan fingerprint density at radius 1 is 1.46 bits per heavy atom. The van der Waals surface area contributed by atoms with Gasteiger partial charge in [-0.05, 0) is 18.6 Å². The zero-order valence-corrected chi connectivity index (χ0v) is 6.61. The smallest absolute Gasteiger partial charge is 0.400 e. The third-order valence-corrected chi connectivity index (χ3v) is 1.24. The lowest BCUT2D eigenvalue weighted by molar-refractivity contribution is -0.275. The summed E-state index contributed by atoms with van der Waals surface area (Å²) in [7, 11) is 0. The van der Waals surface area contributed by atoms with Crippen molar-refractivity contribution in [2.24, 2.45) is 0 Å². The third kappa shape index (κ3) is 2.81. The Morgan fingerprint density at radius 2 is 2.08 bits per heavy atom. The number of aromatic nitrogens is 1. The second-order valence-electron chi connectivity index (χ2n) is 2.42. The van der Waals surface area contributed by atoms with Gasteiger partial charge < -0.3 is 9.72 Å². The van der Waals surface area contributed by atoms with Crippen molar-refractivity contribution in [2.75, 3.05) is 0 Å². The second kappa shape index (κ2) is 3.12. The minimum Gasteiger partial charge on any atom is -0.400 e. The summed E-state index contributed by atoms with van der Waals surface area (Å²) in [5, 5.41) is 0.